The number of carbonyl (C=O) groups excluding carboxylic acids is 2. The molecule has 0 atom stereocenters. The number of amides is 2. The molecule has 0 heterocycles. The minimum absolute atomic E-state index is 0.0363. The first-order valence-corrected chi connectivity index (χ1v) is 8.59. The van der Waals surface area contributed by atoms with Gasteiger partial charge in [-0.05, 0) is 44.6 Å². The zero-order chi connectivity index (χ0) is 18.5. The van der Waals surface area contributed by atoms with Gasteiger partial charge in [0.2, 0.25) is 0 Å². The van der Waals surface area contributed by atoms with E-state index in [-0.39, 0.29) is 18.1 Å². The van der Waals surface area contributed by atoms with Crippen molar-refractivity contribution in [2.24, 2.45) is 5.41 Å². The van der Waals surface area contributed by atoms with Crippen LogP contribution in [0.25, 0.3) is 0 Å². The Labute approximate surface area is 149 Å². The number of nitrogens with one attached hydrogen (secondary N) is 2. The van der Waals surface area contributed by atoms with Crippen molar-refractivity contribution in [1.82, 2.24) is 10.6 Å². The molecule has 0 radical (unpaired) electrons. The minimum Gasteiger partial charge on any atom is -0.445 e. The summed E-state index contributed by atoms with van der Waals surface area (Å²) in [5.41, 5.74) is 0.418. The first-order valence-electron chi connectivity index (χ1n) is 8.59. The molecule has 1 aromatic rings. The lowest BCUT2D eigenvalue weighted by Crippen LogP contribution is -2.54. The highest BCUT2D eigenvalue weighted by molar-refractivity contribution is 5.68. The highest BCUT2D eigenvalue weighted by Crippen LogP contribution is 2.40. The van der Waals surface area contributed by atoms with Gasteiger partial charge < -0.3 is 20.1 Å². The van der Waals surface area contributed by atoms with Crippen LogP contribution in [0.3, 0.4) is 0 Å². The van der Waals surface area contributed by atoms with Gasteiger partial charge in [-0.25, -0.2) is 9.59 Å². The van der Waals surface area contributed by atoms with E-state index in [4.69, 9.17) is 9.47 Å². The molecule has 0 saturated heterocycles. The second kappa shape index (κ2) is 7.76. The molecule has 0 aromatic heterocycles. The van der Waals surface area contributed by atoms with E-state index in [2.05, 4.69) is 17.6 Å². The zero-order valence-corrected chi connectivity index (χ0v) is 15.4. The molecule has 6 heteroatoms. The monoisotopic (exact) mass is 348 g/mol. The van der Waals surface area contributed by atoms with E-state index in [0.717, 1.165) is 18.4 Å². The summed E-state index contributed by atoms with van der Waals surface area (Å²) in [6.45, 7) is 8.37. The van der Waals surface area contributed by atoms with E-state index in [9.17, 15) is 9.59 Å². The number of alkyl carbamates (subject to hydrolysis) is 2. The van der Waals surface area contributed by atoms with Crippen molar-refractivity contribution in [2.75, 3.05) is 6.54 Å². The Hall–Kier alpha value is -2.24. The van der Waals surface area contributed by atoms with Crippen molar-refractivity contribution in [3.05, 3.63) is 35.9 Å². The zero-order valence-electron chi connectivity index (χ0n) is 15.4. The predicted octanol–water partition coefficient (Wildman–Crippen LogP) is 3.61. The summed E-state index contributed by atoms with van der Waals surface area (Å²) in [6, 6.07) is 9.64. The third-order valence-corrected chi connectivity index (χ3v) is 4.07. The Morgan fingerprint density at radius 3 is 2.40 bits per heavy atom. The van der Waals surface area contributed by atoms with Crippen molar-refractivity contribution in [3.8, 4) is 0 Å². The maximum atomic E-state index is 11.8. The quantitative estimate of drug-likeness (QED) is 0.852. The average molecular weight is 348 g/mol. The molecule has 0 unspecified atom stereocenters. The van der Waals surface area contributed by atoms with Gasteiger partial charge in [0.05, 0.1) is 0 Å². The van der Waals surface area contributed by atoms with Crippen LogP contribution in [-0.4, -0.2) is 30.4 Å². The lowest BCUT2D eigenvalue weighted by Gasteiger charge is -2.45. The summed E-state index contributed by atoms with van der Waals surface area (Å²) in [6.07, 6.45) is 0.777. The predicted molar refractivity (Wildman–Crippen MR) is 95.1 cm³/mol. The first-order chi connectivity index (χ1) is 11.7. The fourth-order valence-electron chi connectivity index (χ4n) is 2.91. The first kappa shape index (κ1) is 19.1. The van der Waals surface area contributed by atoms with Gasteiger partial charge in [0.1, 0.15) is 12.2 Å². The lowest BCUT2D eigenvalue weighted by atomic mass is 9.67. The Kier molecular flexibility index (Phi) is 5.93. The highest BCUT2D eigenvalue weighted by Gasteiger charge is 2.41. The van der Waals surface area contributed by atoms with Gasteiger partial charge >= 0.3 is 12.2 Å². The number of rotatable bonds is 5. The van der Waals surface area contributed by atoms with Gasteiger partial charge in [0, 0.05) is 12.6 Å². The number of hydrogen-bond acceptors (Lipinski definition) is 4. The van der Waals surface area contributed by atoms with Crippen LogP contribution in [0, 0.1) is 5.41 Å². The molecule has 2 N–H and O–H groups in total. The molecular weight excluding hydrogens is 320 g/mol. The second-order valence-corrected chi connectivity index (χ2v) is 7.98. The van der Waals surface area contributed by atoms with Crippen LogP contribution < -0.4 is 10.6 Å². The molecule has 1 aliphatic rings. The number of carbonyl (C=O) groups is 2. The van der Waals surface area contributed by atoms with Crippen molar-refractivity contribution in [1.29, 1.82) is 0 Å². The molecule has 1 aliphatic carbocycles. The fraction of sp³-hybridized carbons (Fsp3) is 0.579. The summed E-state index contributed by atoms with van der Waals surface area (Å²) in [5, 5.41) is 5.66. The van der Waals surface area contributed by atoms with E-state index >= 15 is 0 Å². The van der Waals surface area contributed by atoms with Crippen LogP contribution in [0.2, 0.25) is 0 Å². The highest BCUT2D eigenvalue weighted by atomic mass is 16.6. The molecule has 1 aromatic carbocycles. The molecule has 6 nitrogen and oxygen atoms in total. The van der Waals surface area contributed by atoms with Crippen LogP contribution in [-0.2, 0) is 16.1 Å². The molecule has 0 spiro atoms. The van der Waals surface area contributed by atoms with Crippen molar-refractivity contribution in [3.63, 3.8) is 0 Å². The Balaban J connectivity index is 1.63. The van der Waals surface area contributed by atoms with E-state index < -0.39 is 17.8 Å². The lowest BCUT2D eigenvalue weighted by molar-refractivity contribution is 0.0355. The van der Waals surface area contributed by atoms with Crippen molar-refractivity contribution >= 4 is 12.2 Å². The molecule has 2 rings (SSSR count). The summed E-state index contributed by atoms with van der Waals surface area (Å²) in [5.74, 6) is 0. The Bertz CT molecular complexity index is 589. The van der Waals surface area contributed by atoms with Crippen LogP contribution in [0.5, 0.6) is 0 Å². The van der Waals surface area contributed by atoms with Crippen molar-refractivity contribution in [2.45, 2.75) is 58.8 Å². The van der Waals surface area contributed by atoms with E-state index in [1.165, 1.54) is 0 Å². The average Bonchev–Trinajstić information content (AvgIpc) is 2.48. The smallest absolute Gasteiger partial charge is 0.407 e. The van der Waals surface area contributed by atoms with E-state index in [0.29, 0.717) is 6.54 Å². The molecule has 0 bridgehead atoms. The number of benzene rings is 1. The molecule has 0 aliphatic heterocycles. The molecule has 2 amide bonds. The van der Waals surface area contributed by atoms with Crippen LogP contribution >= 0.6 is 0 Å². The SMILES string of the molecule is CC1(CNC(=O)OCc2ccccc2)CC(NC(=O)OC(C)(C)C)C1. The summed E-state index contributed by atoms with van der Waals surface area (Å²) < 4.78 is 10.4. The molecule has 138 valence electrons. The third kappa shape index (κ3) is 6.64. The van der Waals surface area contributed by atoms with Gasteiger partial charge in [0.15, 0.2) is 0 Å². The standard InChI is InChI=1S/C19H28N2O4/c1-18(2,3)25-17(23)21-15-10-19(4,11-15)13-20-16(22)24-12-14-8-6-5-7-9-14/h5-9,15H,10-13H2,1-4H3,(H,20,22)(H,21,23). The number of ether oxygens (including phenoxy) is 2. The largest absolute Gasteiger partial charge is 0.445 e. The maximum absolute atomic E-state index is 11.8. The molecule has 1 saturated carbocycles. The van der Waals surface area contributed by atoms with Crippen LogP contribution in [0.4, 0.5) is 9.59 Å². The second-order valence-electron chi connectivity index (χ2n) is 7.98. The maximum Gasteiger partial charge on any atom is 0.407 e. The van der Waals surface area contributed by atoms with Gasteiger partial charge in [-0.3, -0.25) is 0 Å². The van der Waals surface area contributed by atoms with Gasteiger partial charge in [-0.1, -0.05) is 37.3 Å². The normalized spacial score (nSPS) is 22.5. The molecular formula is C19H28N2O4. The Morgan fingerprint density at radius 2 is 1.80 bits per heavy atom. The number of hydrogen-bond donors (Lipinski definition) is 2. The Morgan fingerprint density at radius 1 is 1.16 bits per heavy atom. The van der Waals surface area contributed by atoms with Gasteiger partial charge in [-0.2, -0.15) is 0 Å². The summed E-state index contributed by atoms with van der Waals surface area (Å²) in [7, 11) is 0. The van der Waals surface area contributed by atoms with Gasteiger partial charge in [-0.15, -0.1) is 0 Å². The summed E-state index contributed by atoms with van der Waals surface area (Å²) in [4.78, 5) is 23.5. The van der Waals surface area contributed by atoms with Crippen LogP contribution in [0.15, 0.2) is 30.3 Å². The minimum atomic E-state index is -0.499. The summed E-state index contributed by atoms with van der Waals surface area (Å²) >= 11 is 0. The third-order valence-electron chi connectivity index (χ3n) is 4.07. The molecule has 1 fully saturated rings. The van der Waals surface area contributed by atoms with E-state index in [1.807, 2.05) is 51.1 Å². The van der Waals surface area contributed by atoms with Gasteiger partial charge in [0.25, 0.3) is 0 Å². The molecule has 25 heavy (non-hydrogen) atoms. The fourth-order valence-corrected chi connectivity index (χ4v) is 2.91. The van der Waals surface area contributed by atoms with E-state index in [1.54, 1.807) is 0 Å². The topological polar surface area (TPSA) is 76.7 Å². The van der Waals surface area contributed by atoms with Crippen LogP contribution in [0.1, 0.15) is 46.1 Å². The van der Waals surface area contributed by atoms with Crippen molar-refractivity contribution < 1.29 is 19.1 Å².